The SMILES string of the molecule is O=C(Nc1cccc(N2CCCC2)c1)c1cc2ccc(F)cc2[nH]c1=O. The van der Waals surface area contributed by atoms with E-state index in [1.165, 1.54) is 37.1 Å². The number of aromatic amines is 1. The predicted molar refractivity (Wildman–Crippen MR) is 100 cm³/mol. The van der Waals surface area contributed by atoms with E-state index in [9.17, 15) is 14.0 Å². The molecule has 0 bridgehead atoms. The molecule has 1 aromatic heterocycles. The number of benzene rings is 2. The lowest BCUT2D eigenvalue weighted by Gasteiger charge is -2.18. The van der Waals surface area contributed by atoms with E-state index < -0.39 is 17.3 Å². The standard InChI is InChI=1S/C20H18FN3O2/c21-14-7-6-13-10-17(20(26)23-18(13)11-14)19(25)22-15-4-3-5-16(12-15)24-8-1-2-9-24/h3-7,10-12H,1-2,8-9H2,(H,22,25)(H,23,26). The Kier molecular flexibility index (Phi) is 4.16. The summed E-state index contributed by atoms with van der Waals surface area (Å²) in [6.45, 7) is 2.02. The number of H-pyrrole nitrogens is 1. The molecular formula is C20H18FN3O2. The average Bonchev–Trinajstić information content (AvgIpc) is 3.16. The third-order valence-corrected chi connectivity index (χ3v) is 4.63. The van der Waals surface area contributed by atoms with Crippen molar-refractivity contribution < 1.29 is 9.18 Å². The number of fused-ring (bicyclic) bond motifs is 1. The minimum Gasteiger partial charge on any atom is -0.371 e. The van der Waals surface area contributed by atoms with Gasteiger partial charge in [0.05, 0.1) is 5.52 Å². The van der Waals surface area contributed by atoms with E-state index >= 15 is 0 Å². The lowest BCUT2D eigenvalue weighted by molar-refractivity contribution is 0.102. The van der Waals surface area contributed by atoms with Crippen LogP contribution in [-0.2, 0) is 0 Å². The lowest BCUT2D eigenvalue weighted by atomic mass is 10.1. The Labute approximate surface area is 149 Å². The van der Waals surface area contributed by atoms with Gasteiger partial charge in [-0.1, -0.05) is 6.07 Å². The fraction of sp³-hybridized carbons (Fsp3) is 0.200. The summed E-state index contributed by atoms with van der Waals surface area (Å²) >= 11 is 0. The molecule has 2 heterocycles. The minimum atomic E-state index is -0.545. The second-order valence-electron chi connectivity index (χ2n) is 6.44. The van der Waals surface area contributed by atoms with Crippen molar-refractivity contribution in [1.82, 2.24) is 4.98 Å². The van der Waals surface area contributed by atoms with Gasteiger partial charge in [-0.15, -0.1) is 0 Å². The van der Waals surface area contributed by atoms with Crippen molar-refractivity contribution >= 4 is 28.2 Å². The smallest absolute Gasteiger partial charge is 0.261 e. The minimum absolute atomic E-state index is 0.00400. The molecule has 2 N–H and O–H groups in total. The highest BCUT2D eigenvalue weighted by Gasteiger charge is 2.15. The molecule has 0 unspecified atom stereocenters. The number of nitrogens with one attached hydrogen (secondary N) is 2. The number of hydrogen-bond donors (Lipinski definition) is 2. The molecule has 3 aromatic rings. The van der Waals surface area contributed by atoms with Crippen LogP contribution in [0.25, 0.3) is 10.9 Å². The zero-order valence-electron chi connectivity index (χ0n) is 14.1. The topological polar surface area (TPSA) is 65.2 Å². The van der Waals surface area contributed by atoms with Gasteiger partial charge in [-0.25, -0.2) is 4.39 Å². The first-order valence-electron chi connectivity index (χ1n) is 8.59. The first kappa shape index (κ1) is 16.3. The van der Waals surface area contributed by atoms with Crippen molar-refractivity contribution in [2.75, 3.05) is 23.3 Å². The first-order valence-corrected chi connectivity index (χ1v) is 8.59. The second kappa shape index (κ2) is 6.63. The van der Waals surface area contributed by atoms with Gasteiger partial charge in [0, 0.05) is 24.5 Å². The summed E-state index contributed by atoms with van der Waals surface area (Å²) < 4.78 is 13.3. The molecule has 1 aliphatic rings. The van der Waals surface area contributed by atoms with Crippen LogP contribution < -0.4 is 15.8 Å². The molecule has 1 aliphatic heterocycles. The average molecular weight is 351 g/mol. The van der Waals surface area contributed by atoms with Crippen molar-refractivity contribution in [3.8, 4) is 0 Å². The molecule has 0 saturated carbocycles. The number of amides is 1. The molecular weight excluding hydrogens is 333 g/mol. The number of rotatable bonds is 3. The Morgan fingerprint density at radius 3 is 2.69 bits per heavy atom. The van der Waals surface area contributed by atoms with E-state index in [0.29, 0.717) is 16.6 Å². The van der Waals surface area contributed by atoms with Gasteiger partial charge in [-0.3, -0.25) is 9.59 Å². The fourth-order valence-electron chi connectivity index (χ4n) is 3.30. The van der Waals surface area contributed by atoms with Crippen molar-refractivity contribution in [3.05, 3.63) is 70.3 Å². The Morgan fingerprint density at radius 1 is 1.08 bits per heavy atom. The van der Waals surface area contributed by atoms with Crippen LogP contribution in [0.4, 0.5) is 15.8 Å². The van der Waals surface area contributed by atoms with Crippen molar-refractivity contribution in [2.45, 2.75) is 12.8 Å². The van der Waals surface area contributed by atoms with Crippen LogP contribution in [0.15, 0.2) is 53.3 Å². The zero-order chi connectivity index (χ0) is 18.1. The zero-order valence-corrected chi connectivity index (χ0v) is 14.1. The number of hydrogen-bond acceptors (Lipinski definition) is 3. The number of carbonyl (C=O) groups is 1. The number of anilines is 2. The van der Waals surface area contributed by atoms with Gasteiger partial charge >= 0.3 is 0 Å². The highest BCUT2D eigenvalue weighted by atomic mass is 19.1. The summed E-state index contributed by atoms with van der Waals surface area (Å²) in [6, 6.07) is 13.1. The summed E-state index contributed by atoms with van der Waals surface area (Å²) in [5.74, 6) is -0.930. The van der Waals surface area contributed by atoms with E-state index in [0.717, 1.165) is 18.8 Å². The number of carbonyl (C=O) groups excluding carboxylic acids is 1. The third kappa shape index (κ3) is 3.18. The van der Waals surface area contributed by atoms with Gasteiger partial charge in [-0.2, -0.15) is 0 Å². The molecule has 2 aromatic carbocycles. The van der Waals surface area contributed by atoms with E-state index in [2.05, 4.69) is 15.2 Å². The Morgan fingerprint density at radius 2 is 1.88 bits per heavy atom. The number of pyridine rings is 1. The summed E-state index contributed by atoms with van der Waals surface area (Å²) in [7, 11) is 0. The molecule has 132 valence electrons. The molecule has 1 saturated heterocycles. The summed E-state index contributed by atoms with van der Waals surface area (Å²) in [4.78, 5) is 29.6. The van der Waals surface area contributed by atoms with Gasteiger partial charge < -0.3 is 15.2 Å². The normalized spacial score (nSPS) is 14.0. The largest absolute Gasteiger partial charge is 0.371 e. The van der Waals surface area contributed by atoms with Crippen molar-refractivity contribution in [2.24, 2.45) is 0 Å². The van der Waals surface area contributed by atoms with Gasteiger partial charge in [0.2, 0.25) is 0 Å². The summed E-state index contributed by atoms with van der Waals surface area (Å²) in [5.41, 5.74) is 1.51. The van der Waals surface area contributed by atoms with Gasteiger partial charge in [0.25, 0.3) is 11.5 Å². The van der Waals surface area contributed by atoms with Crippen LogP contribution in [-0.4, -0.2) is 24.0 Å². The molecule has 0 radical (unpaired) electrons. The van der Waals surface area contributed by atoms with Gasteiger partial charge in [0.15, 0.2) is 0 Å². The number of halogens is 1. The summed E-state index contributed by atoms with van der Waals surface area (Å²) in [6.07, 6.45) is 2.34. The fourth-order valence-corrected chi connectivity index (χ4v) is 3.30. The second-order valence-corrected chi connectivity index (χ2v) is 6.44. The molecule has 5 nitrogen and oxygen atoms in total. The molecule has 4 rings (SSSR count). The number of nitrogens with zero attached hydrogens (tertiary/aromatic N) is 1. The van der Waals surface area contributed by atoms with E-state index in [-0.39, 0.29) is 5.56 Å². The van der Waals surface area contributed by atoms with E-state index in [1.807, 2.05) is 18.2 Å². The predicted octanol–water partition coefficient (Wildman–Crippen LogP) is 3.52. The lowest BCUT2D eigenvalue weighted by Crippen LogP contribution is -2.23. The first-order chi connectivity index (χ1) is 12.6. The van der Waals surface area contributed by atoms with Crippen LogP contribution in [0, 0.1) is 5.82 Å². The molecule has 26 heavy (non-hydrogen) atoms. The molecule has 6 heteroatoms. The van der Waals surface area contributed by atoms with Gasteiger partial charge in [0.1, 0.15) is 11.4 Å². The molecule has 0 spiro atoms. The Balaban J connectivity index is 1.61. The maximum atomic E-state index is 13.3. The van der Waals surface area contributed by atoms with Crippen LogP contribution in [0.3, 0.4) is 0 Å². The van der Waals surface area contributed by atoms with Crippen molar-refractivity contribution in [3.63, 3.8) is 0 Å². The summed E-state index contributed by atoms with van der Waals surface area (Å²) in [5, 5.41) is 3.38. The highest BCUT2D eigenvalue weighted by Crippen LogP contribution is 2.23. The molecule has 0 atom stereocenters. The maximum Gasteiger partial charge on any atom is 0.261 e. The van der Waals surface area contributed by atoms with Crippen LogP contribution in [0.1, 0.15) is 23.2 Å². The van der Waals surface area contributed by atoms with Crippen LogP contribution in [0.2, 0.25) is 0 Å². The monoisotopic (exact) mass is 351 g/mol. The quantitative estimate of drug-likeness (QED) is 0.759. The number of aromatic nitrogens is 1. The van der Waals surface area contributed by atoms with E-state index in [1.54, 1.807) is 6.07 Å². The van der Waals surface area contributed by atoms with Crippen LogP contribution >= 0.6 is 0 Å². The molecule has 1 fully saturated rings. The highest BCUT2D eigenvalue weighted by molar-refractivity contribution is 6.05. The van der Waals surface area contributed by atoms with Crippen molar-refractivity contribution in [1.29, 1.82) is 0 Å². The molecule has 0 aliphatic carbocycles. The maximum absolute atomic E-state index is 13.3. The van der Waals surface area contributed by atoms with Crippen LogP contribution in [0.5, 0.6) is 0 Å². The van der Waals surface area contributed by atoms with Gasteiger partial charge in [-0.05, 0) is 60.7 Å². The Bertz CT molecular complexity index is 1040. The van der Waals surface area contributed by atoms with E-state index in [4.69, 9.17) is 0 Å². The third-order valence-electron chi connectivity index (χ3n) is 4.63. The molecule has 1 amide bonds. The Hall–Kier alpha value is -3.15.